The largest absolute Gasteiger partial charge is 0.497 e. The van der Waals surface area contributed by atoms with E-state index < -0.39 is 64.0 Å². The Morgan fingerprint density at radius 2 is 0.549 bits per heavy atom. The highest BCUT2D eigenvalue weighted by molar-refractivity contribution is 7.90. The highest BCUT2D eigenvalue weighted by Gasteiger charge is 2.31. The van der Waals surface area contributed by atoms with Gasteiger partial charge in [0.2, 0.25) is 40.1 Å². The lowest BCUT2D eigenvalue weighted by Crippen LogP contribution is -2.30. The summed E-state index contributed by atoms with van der Waals surface area (Å²) < 4.78 is 148. The molecule has 113 heavy (non-hydrogen) atoms. The number of sulfonamides is 4. The molecular formula is C82H80N4O23S4. The van der Waals surface area contributed by atoms with Crippen molar-refractivity contribution >= 4 is 64.0 Å². The summed E-state index contributed by atoms with van der Waals surface area (Å²) in [6.45, 7) is 5.82. The highest BCUT2D eigenvalue weighted by atomic mass is 32.2. The van der Waals surface area contributed by atoms with Gasteiger partial charge in [-0.3, -0.25) is 0 Å². The number of aromatic carboxylic acids is 4. The van der Waals surface area contributed by atoms with E-state index in [-0.39, 0.29) is 94.2 Å². The molecule has 0 radical (unpaired) electrons. The summed E-state index contributed by atoms with van der Waals surface area (Å²) in [6, 6.07) is 65.0. The first-order valence-corrected chi connectivity index (χ1v) is 40.5. The van der Waals surface area contributed by atoms with E-state index in [0.717, 1.165) is 34.4 Å². The second kappa shape index (κ2) is 40.1. The molecular weight excluding hydrogens is 1540 g/mol. The lowest BCUT2D eigenvalue weighted by atomic mass is 10.2. The zero-order chi connectivity index (χ0) is 81.1. The third-order valence-electron chi connectivity index (χ3n) is 16.7. The van der Waals surface area contributed by atoms with Crippen molar-refractivity contribution in [1.29, 1.82) is 0 Å². The lowest BCUT2D eigenvalue weighted by molar-refractivity contribution is 0.0686. The Kier molecular flexibility index (Phi) is 30.1. The molecule has 4 heterocycles. The molecule has 0 unspecified atom stereocenters. The molecule has 27 nitrogen and oxygen atoms in total. The normalized spacial score (nSPS) is 11.5. The van der Waals surface area contributed by atoms with Gasteiger partial charge in [-0.05, 0) is 218 Å². The van der Waals surface area contributed by atoms with E-state index in [2.05, 4.69) is 0 Å². The van der Waals surface area contributed by atoms with Crippen molar-refractivity contribution < 1.29 is 105 Å². The Hall–Kier alpha value is -12.2. The Bertz CT molecular complexity index is 5470. The van der Waals surface area contributed by atoms with Crippen LogP contribution in [0, 0.1) is 0 Å². The number of furan rings is 4. The minimum absolute atomic E-state index is 0.0116. The number of carboxylic acid groups (broad SMARTS) is 4. The molecule has 12 rings (SSSR count). The molecule has 0 amide bonds. The van der Waals surface area contributed by atoms with Gasteiger partial charge in [0.15, 0.2) is 0 Å². The molecule has 0 aliphatic heterocycles. The predicted molar refractivity (Wildman–Crippen MR) is 413 cm³/mol. The first-order valence-electron chi connectivity index (χ1n) is 34.7. The second-order valence-electron chi connectivity index (χ2n) is 24.6. The van der Waals surface area contributed by atoms with Crippen molar-refractivity contribution in [1.82, 2.24) is 17.2 Å². The van der Waals surface area contributed by atoms with E-state index in [4.69, 9.17) is 52.3 Å². The van der Waals surface area contributed by atoms with Gasteiger partial charge in [-0.2, -0.15) is 17.2 Å². The van der Waals surface area contributed by atoms with Crippen molar-refractivity contribution in [3.8, 4) is 17.2 Å². The molecule has 0 aliphatic rings. The van der Waals surface area contributed by atoms with E-state index in [9.17, 15) is 52.8 Å². The number of nitrogens with zero attached hydrogens (tertiary/aromatic N) is 4. The number of benzene rings is 8. The minimum atomic E-state index is -3.89. The number of hydrogen-bond acceptors (Lipinski definition) is 19. The summed E-state index contributed by atoms with van der Waals surface area (Å²) in [4.78, 5) is 44.2. The molecule has 0 saturated heterocycles. The topological polar surface area (TPSA) is 379 Å². The fourth-order valence-corrected chi connectivity index (χ4v) is 16.4. The third-order valence-corrected chi connectivity index (χ3v) is 23.9. The molecule has 0 fully saturated rings. The standard InChI is InChI=1S/C22H23NO6S.C21H21NO6S.C20H19NO6S.C19H17NO5S/c1-2-13-28-19-9-5-17(6-10-19)15-23(16-20-4-3-14-29-20)30(26,27)21-11-7-18(8-12-21)22(24)25;1-2-27-18-9-5-16(6-10-18)14-22(15-19-4-3-13-28-19)29(25,26)20-11-7-17(8-12-20)21(23)24;1-26-17-8-4-15(5-9-17)13-21(14-18-3-2-12-27-18)28(24,25)19-10-6-16(7-11-19)20(22)23;21-19(22)16-8-10-18(11-9-16)26(23,24)20(14-17-7-4-12-25-17)13-15-5-2-1-3-6-15/h3-12,14H,2,13,15-16H2,1H3,(H,24,25);3-13H,2,14-15H2,1H3,(H,23,24);2-12H,13-14H2,1H3,(H,22,23);1-12H,13-14H2,(H,21,22). The molecule has 0 bridgehead atoms. The van der Waals surface area contributed by atoms with Crippen LogP contribution in [0.3, 0.4) is 0 Å². The van der Waals surface area contributed by atoms with Gasteiger partial charge in [0, 0.05) is 26.2 Å². The predicted octanol–water partition coefficient (Wildman–Crippen LogP) is 14.7. The fraction of sp³-hybridized carbons (Fsp3) is 0.171. The van der Waals surface area contributed by atoms with Gasteiger partial charge in [0.05, 0.1) is 113 Å². The van der Waals surface area contributed by atoms with Gasteiger partial charge in [0.1, 0.15) is 40.3 Å². The number of methoxy groups -OCH3 is 1. The maximum Gasteiger partial charge on any atom is 0.335 e. The van der Waals surface area contributed by atoms with Crippen molar-refractivity contribution in [3.63, 3.8) is 0 Å². The average molecular weight is 1620 g/mol. The summed E-state index contributed by atoms with van der Waals surface area (Å²) in [5.74, 6) is -0.316. The van der Waals surface area contributed by atoms with Crippen molar-refractivity contribution in [2.75, 3.05) is 20.3 Å². The Balaban J connectivity index is 0.000000173. The van der Waals surface area contributed by atoms with Crippen LogP contribution in [0.4, 0.5) is 0 Å². The molecule has 0 aliphatic carbocycles. The SMILES string of the molecule is CCCOc1ccc(CN(Cc2ccco2)S(=O)(=O)c2ccc(C(=O)O)cc2)cc1.CCOc1ccc(CN(Cc2ccco2)S(=O)(=O)c2ccc(C(=O)O)cc2)cc1.COc1ccc(CN(Cc2ccco2)S(=O)(=O)c2ccc(C(=O)O)cc2)cc1.O=C(O)c1ccc(S(=O)(=O)N(Cc2ccccc2)Cc2ccco2)cc1. The number of rotatable bonds is 34. The van der Waals surface area contributed by atoms with Crippen LogP contribution < -0.4 is 14.2 Å². The van der Waals surface area contributed by atoms with Crippen molar-refractivity contribution in [2.45, 2.75) is 92.2 Å². The van der Waals surface area contributed by atoms with Crippen LogP contribution in [0.2, 0.25) is 0 Å². The second-order valence-corrected chi connectivity index (χ2v) is 32.4. The maximum absolute atomic E-state index is 13.3. The quantitative estimate of drug-likeness (QED) is 0.0291. The molecule has 8 aromatic carbocycles. The van der Waals surface area contributed by atoms with Crippen LogP contribution in [0.5, 0.6) is 17.2 Å². The van der Waals surface area contributed by atoms with E-state index >= 15 is 0 Å². The fourth-order valence-electron chi connectivity index (χ4n) is 10.8. The van der Waals surface area contributed by atoms with E-state index in [1.807, 2.05) is 80.6 Å². The highest BCUT2D eigenvalue weighted by Crippen LogP contribution is 2.29. The third kappa shape index (κ3) is 24.2. The summed E-state index contributed by atoms with van der Waals surface area (Å²) >= 11 is 0. The van der Waals surface area contributed by atoms with E-state index in [1.54, 1.807) is 92.0 Å². The molecule has 4 aromatic heterocycles. The van der Waals surface area contributed by atoms with Crippen LogP contribution in [0.1, 0.15) is 107 Å². The summed E-state index contributed by atoms with van der Waals surface area (Å²) in [5.41, 5.74) is 3.28. The van der Waals surface area contributed by atoms with Crippen LogP contribution in [0.15, 0.2) is 311 Å². The zero-order valence-corrected chi connectivity index (χ0v) is 64.5. The molecule has 31 heteroatoms. The maximum atomic E-state index is 13.3. The smallest absolute Gasteiger partial charge is 0.335 e. The first kappa shape index (κ1) is 84.8. The van der Waals surface area contributed by atoms with E-state index in [1.165, 1.54) is 139 Å². The molecule has 0 saturated carbocycles. The number of ether oxygens (including phenoxy) is 3. The van der Waals surface area contributed by atoms with Gasteiger partial charge in [0.25, 0.3) is 0 Å². The number of carbonyl (C=O) groups is 4. The van der Waals surface area contributed by atoms with Gasteiger partial charge < -0.3 is 52.3 Å². The number of carboxylic acids is 4. The molecule has 12 aromatic rings. The average Bonchev–Trinajstić information content (AvgIpc) is 1.61. The Morgan fingerprint density at radius 3 is 0.770 bits per heavy atom. The van der Waals surface area contributed by atoms with Gasteiger partial charge in [-0.25, -0.2) is 52.8 Å². The van der Waals surface area contributed by atoms with Crippen LogP contribution in [0.25, 0.3) is 0 Å². The lowest BCUT2D eigenvalue weighted by Gasteiger charge is -2.22. The molecule has 4 N–H and O–H groups in total. The van der Waals surface area contributed by atoms with E-state index in [0.29, 0.717) is 47.8 Å². The summed E-state index contributed by atoms with van der Waals surface area (Å²) in [6.07, 6.45) is 6.84. The van der Waals surface area contributed by atoms with Gasteiger partial charge >= 0.3 is 23.9 Å². The van der Waals surface area contributed by atoms with Gasteiger partial charge in [-0.15, -0.1) is 0 Å². The monoisotopic (exact) mass is 1620 g/mol. The minimum Gasteiger partial charge on any atom is -0.497 e. The van der Waals surface area contributed by atoms with Crippen LogP contribution in [-0.4, -0.2) is 116 Å². The Labute approximate surface area is 653 Å². The number of hydrogen-bond donors (Lipinski definition) is 4. The first-order chi connectivity index (χ1) is 54.2. The molecule has 590 valence electrons. The van der Waals surface area contributed by atoms with Gasteiger partial charge in [-0.1, -0.05) is 73.7 Å². The van der Waals surface area contributed by atoms with Crippen molar-refractivity contribution in [2.24, 2.45) is 0 Å². The summed E-state index contributed by atoms with van der Waals surface area (Å²) in [5, 5.41) is 36.1. The molecule has 0 atom stereocenters. The summed E-state index contributed by atoms with van der Waals surface area (Å²) in [7, 11) is -13.9. The van der Waals surface area contributed by atoms with Crippen molar-refractivity contribution in [3.05, 3.63) is 341 Å². The van der Waals surface area contributed by atoms with Crippen LogP contribution in [-0.2, 0) is 92.5 Å². The Morgan fingerprint density at radius 1 is 0.301 bits per heavy atom. The zero-order valence-electron chi connectivity index (χ0n) is 61.2. The van der Waals surface area contributed by atoms with Crippen LogP contribution >= 0.6 is 0 Å². The molecule has 0 spiro atoms.